The fourth-order valence-electron chi connectivity index (χ4n) is 2.74. The van der Waals surface area contributed by atoms with Crippen molar-refractivity contribution >= 4 is 15.9 Å². The van der Waals surface area contributed by atoms with Gasteiger partial charge in [0.05, 0.1) is 11.1 Å². The molecule has 0 spiro atoms. The summed E-state index contributed by atoms with van der Waals surface area (Å²) in [6.07, 6.45) is 7.45. The highest BCUT2D eigenvalue weighted by Crippen LogP contribution is 2.26. The van der Waals surface area contributed by atoms with Crippen LogP contribution in [0.3, 0.4) is 0 Å². The molecular weight excluding hydrogens is 376 g/mol. The predicted molar refractivity (Wildman–Crippen MR) is 113 cm³/mol. The number of benzene rings is 1. The van der Waals surface area contributed by atoms with Gasteiger partial charge in [0, 0.05) is 6.54 Å². The van der Waals surface area contributed by atoms with Crippen molar-refractivity contribution in [2.45, 2.75) is 65.8 Å². The van der Waals surface area contributed by atoms with E-state index in [1.54, 1.807) is 0 Å². The van der Waals surface area contributed by atoms with Crippen molar-refractivity contribution in [2.75, 3.05) is 32.8 Å². The largest absolute Gasteiger partial charge is 0.492 e. The molecule has 0 amide bonds. The van der Waals surface area contributed by atoms with Crippen molar-refractivity contribution in [3.8, 4) is 5.75 Å². The number of rotatable bonds is 15. The van der Waals surface area contributed by atoms with E-state index in [1.165, 1.54) is 57.3 Å². The van der Waals surface area contributed by atoms with E-state index >= 15 is 0 Å². The molecule has 0 atom stereocenters. The maximum Gasteiger partial charge on any atom is 0.133 e. The van der Waals surface area contributed by atoms with Crippen LogP contribution in [0.1, 0.15) is 64.9 Å². The Labute approximate surface area is 163 Å². The molecule has 1 aromatic carbocycles. The Morgan fingerprint density at radius 3 is 2.24 bits per heavy atom. The number of nitrogens with one attached hydrogen (secondary N) is 1. The summed E-state index contributed by atoms with van der Waals surface area (Å²) in [4.78, 5) is 2.63. The average molecular weight is 413 g/mol. The molecule has 1 rings (SSSR count). The second-order valence-electron chi connectivity index (χ2n) is 6.69. The molecule has 25 heavy (non-hydrogen) atoms. The van der Waals surface area contributed by atoms with Crippen molar-refractivity contribution in [3.05, 3.63) is 28.2 Å². The third-order valence-electron chi connectivity index (χ3n) is 4.27. The fourth-order valence-corrected chi connectivity index (χ4v) is 3.28. The molecule has 3 nitrogen and oxygen atoms in total. The lowest BCUT2D eigenvalue weighted by Gasteiger charge is -2.22. The second-order valence-corrected chi connectivity index (χ2v) is 7.55. The van der Waals surface area contributed by atoms with Crippen LogP contribution in [0.4, 0.5) is 0 Å². The lowest BCUT2D eigenvalue weighted by molar-refractivity contribution is 0.261. The van der Waals surface area contributed by atoms with Crippen LogP contribution < -0.4 is 10.1 Å². The van der Waals surface area contributed by atoms with E-state index in [9.17, 15) is 0 Å². The van der Waals surface area contributed by atoms with E-state index in [-0.39, 0.29) is 0 Å². The lowest BCUT2D eigenvalue weighted by atomic mass is 10.2. The van der Waals surface area contributed by atoms with Gasteiger partial charge in [0.2, 0.25) is 0 Å². The minimum atomic E-state index is 0.767. The van der Waals surface area contributed by atoms with Crippen molar-refractivity contribution < 1.29 is 4.74 Å². The van der Waals surface area contributed by atoms with Gasteiger partial charge >= 0.3 is 0 Å². The van der Waals surface area contributed by atoms with Gasteiger partial charge in [-0.15, -0.1) is 0 Å². The molecule has 0 fully saturated rings. The number of nitrogens with zero attached hydrogens (tertiary/aromatic N) is 1. The highest BCUT2D eigenvalue weighted by Gasteiger charge is 2.04. The highest BCUT2D eigenvalue weighted by molar-refractivity contribution is 9.10. The molecule has 0 aliphatic rings. The fraction of sp³-hybridized carbons (Fsp3) is 0.714. The molecule has 1 N–H and O–H groups in total. The maximum atomic E-state index is 5.70. The molecule has 0 saturated heterocycles. The zero-order chi connectivity index (χ0) is 18.3. The van der Waals surface area contributed by atoms with E-state index < -0.39 is 0 Å². The quantitative estimate of drug-likeness (QED) is 0.378. The van der Waals surface area contributed by atoms with E-state index in [0.29, 0.717) is 0 Å². The molecule has 0 heterocycles. The molecule has 1 aromatic rings. The van der Waals surface area contributed by atoms with Gasteiger partial charge in [0.1, 0.15) is 5.75 Å². The van der Waals surface area contributed by atoms with Crippen molar-refractivity contribution in [3.63, 3.8) is 0 Å². The third kappa shape index (κ3) is 10.2. The monoisotopic (exact) mass is 412 g/mol. The molecule has 0 aromatic heterocycles. The standard InChI is InChI=1S/C21H37BrN2O/c1-4-7-13-24(14-8-5-2)15-9-12-23-18-19-10-11-21(20(22)17-19)25-16-6-3/h10-11,17,23H,4-9,12-16,18H2,1-3H3. The Hall–Kier alpha value is -0.580. The molecular formula is C21H37BrN2O. The molecule has 4 heteroatoms. The van der Waals surface area contributed by atoms with Gasteiger partial charge in [-0.25, -0.2) is 0 Å². The van der Waals surface area contributed by atoms with Gasteiger partial charge in [-0.2, -0.15) is 0 Å². The third-order valence-corrected chi connectivity index (χ3v) is 4.89. The van der Waals surface area contributed by atoms with E-state index in [0.717, 1.165) is 36.3 Å². The summed E-state index contributed by atoms with van der Waals surface area (Å²) in [6, 6.07) is 6.37. The van der Waals surface area contributed by atoms with Crippen LogP contribution in [0.2, 0.25) is 0 Å². The van der Waals surface area contributed by atoms with Gasteiger partial charge in [-0.3, -0.25) is 0 Å². The van der Waals surface area contributed by atoms with Crippen molar-refractivity contribution in [2.24, 2.45) is 0 Å². The molecule has 0 radical (unpaired) electrons. The molecule has 0 unspecified atom stereocenters. The number of unbranched alkanes of at least 4 members (excludes halogenated alkanes) is 2. The number of halogens is 1. The lowest BCUT2D eigenvalue weighted by Crippen LogP contribution is -2.29. The van der Waals surface area contributed by atoms with Crippen LogP contribution in [-0.2, 0) is 6.54 Å². The predicted octanol–water partition coefficient (Wildman–Crippen LogP) is 5.62. The average Bonchev–Trinajstić information content (AvgIpc) is 2.62. The Balaban J connectivity index is 2.26. The van der Waals surface area contributed by atoms with Gasteiger partial charge in [0.25, 0.3) is 0 Å². The maximum absolute atomic E-state index is 5.70. The van der Waals surface area contributed by atoms with Crippen molar-refractivity contribution in [1.29, 1.82) is 0 Å². The second kappa shape index (κ2) is 14.6. The minimum absolute atomic E-state index is 0.767. The van der Waals surface area contributed by atoms with E-state index in [2.05, 4.69) is 65.1 Å². The Morgan fingerprint density at radius 1 is 0.960 bits per heavy atom. The molecule has 144 valence electrons. The van der Waals surface area contributed by atoms with Gasteiger partial charge in [-0.05, 0) is 85.5 Å². The molecule has 0 bridgehead atoms. The molecule has 0 aliphatic carbocycles. The first-order chi connectivity index (χ1) is 12.2. The Bertz CT molecular complexity index is 446. The zero-order valence-electron chi connectivity index (χ0n) is 16.5. The highest BCUT2D eigenvalue weighted by atomic mass is 79.9. The SMILES string of the molecule is CCCCN(CCCC)CCCNCc1ccc(OCCC)c(Br)c1. The van der Waals surface area contributed by atoms with E-state index in [4.69, 9.17) is 4.74 Å². The Kier molecular flexibility index (Phi) is 13.1. The van der Waals surface area contributed by atoms with Crippen LogP contribution >= 0.6 is 15.9 Å². The van der Waals surface area contributed by atoms with Crippen LogP contribution in [0.15, 0.2) is 22.7 Å². The van der Waals surface area contributed by atoms with Crippen LogP contribution in [0, 0.1) is 0 Å². The van der Waals surface area contributed by atoms with E-state index in [1.807, 2.05) is 0 Å². The minimum Gasteiger partial charge on any atom is -0.492 e. The van der Waals surface area contributed by atoms with Gasteiger partial charge in [0.15, 0.2) is 0 Å². The Morgan fingerprint density at radius 2 is 1.64 bits per heavy atom. The van der Waals surface area contributed by atoms with Crippen molar-refractivity contribution in [1.82, 2.24) is 10.2 Å². The number of hydrogen-bond donors (Lipinski definition) is 1. The van der Waals surface area contributed by atoms with Gasteiger partial charge < -0.3 is 15.0 Å². The summed E-state index contributed by atoms with van der Waals surface area (Å²) >= 11 is 3.61. The normalized spacial score (nSPS) is 11.2. The van der Waals surface area contributed by atoms with Crippen LogP contribution in [-0.4, -0.2) is 37.7 Å². The summed E-state index contributed by atoms with van der Waals surface area (Å²) in [5, 5.41) is 3.57. The summed E-state index contributed by atoms with van der Waals surface area (Å²) in [5.41, 5.74) is 1.30. The smallest absolute Gasteiger partial charge is 0.133 e. The number of ether oxygens (including phenoxy) is 1. The summed E-state index contributed by atoms with van der Waals surface area (Å²) in [6.45, 7) is 13.1. The molecule has 0 aliphatic heterocycles. The first-order valence-corrected chi connectivity index (χ1v) is 10.8. The topological polar surface area (TPSA) is 24.5 Å². The summed E-state index contributed by atoms with van der Waals surface area (Å²) < 4.78 is 6.75. The first kappa shape index (κ1) is 22.5. The van der Waals surface area contributed by atoms with Crippen LogP contribution in [0.25, 0.3) is 0 Å². The summed E-state index contributed by atoms with van der Waals surface area (Å²) in [5.74, 6) is 0.938. The van der Waals surface area contributed by atoms with Gasteiger partial charge in [-0.1, -0.05) is 39.7 Å². The summed E-state index contributed by atoms with van der Waals surface area (Å²) in [7, 11) is 0. The number of hydrogen-bond acceptors (Lipinski definition) is 3. The molecule has 0 saturated carbocycles. The first-order valence-electron chi connectivity index (χ1n) is 10.1. The zero-order valence-corrected chi connectivity index (χ0v) is 18.0. The van der Waals surface area contributed by atoms with Crippen LogP contribution in [0.5, 0.6) is 5.75 Å².